The topological polar surface area (TPSA) is 47.2 Å². The minimum Gasteiger partial charge on any atom is -0.290 e. The van der Waals surface area contributed by atoms with E-state index in [9.17, 15) is 9.18 Å². The van der Waals surface area contributed by atoms with E-state index < -0.39 is 0 Å². The fourth-order valence-corrected chi connectivity index (χ4v) is 3.20. The van der Waals surface area contributed by atoms with Gasteiger partial charge in [-0.3, -0.25) is 9.79 Å². The summed E-state index contributed by atoms with van der Waals surface area (Å²) in [6.45, 7) is 4.03. The molecule has 4 nitrogen and oxygen atoms in total. The average Bonchev–Trinajstić information content (AvgIpc) is 2.74. The van der Waals surface area contributed by atoms with E-state index in [1.165, 1.54) is 16.8 Å². The Hall–Kier alpha value is -3.60. The van der Waals surface area contributed by atoms with E-state index in [0.717, 1.165) is 16.5 Å². The molecule has 0 bridgehead atoms. The Bertz CT molecular complexity index is 1260. The number of benzene rings is 3. The number of aliphatic imine (C=N–C) groups is 1. The lowest BCUT2D eigenvalue weighted by molar-refractivity contribution is 0.626. The number of aromatic nitrogens is 2. The molecule has 0 fully saturated rings. The second-order valence-corrected chi connectivity index (χ2v) is 7.05. The van der Waals surface area contributed by atoms with Crippen molar-refractivity contribution in [1.82, 2.24) is 9.78 Å². The first-order valence-corrected chi connectivity index (χ1v) is 9.45. The molecule has 1 aromatic heterocycles. The third kappa shape index (κ3) is 3.72. The smallest absolute Gasteiger partial charge is 0.279 e. The van der Waals surface area contributed by atoms with Crippen molar-refractivity contribution in [3.8, 4) is 16.9 Å². The van der Waals surface area contributed by atoms with Crippen molar-refractivity contribution < 1.29 is 4.39 Å². The minimum atomic E-state index is -0.363. The highest BCUT2D eigenvalue weighted by Crippen LogP contribution is 2.27. The first-order chi connectivity index (χ1) is 14.0. The molecule has 5 heteroatoms. The third-order valence-corrected chi connectivity index (χ3v) is 4.60. The molecule has 4 rings (SSSR count). The minimum absolute atomic E-state index is 0.168. The van der Waals surface area contributed by atoms with Gasteiger partial charge in [0, 0.05) is 28.8 Å². The summed E-state index contributed by atoms with van der Waals surface area (Å²) in [4.78, 5) is 17.6. The van der Waals surface area contributed by atoms with Gasteiger partial charge in [-0.25, -0.2) is 4.39 Å². The summed E-state index contributed by atoms with van der Waals surface area (Å²) >= 11 is 0. The lowest BCUT2D eigenvalue weighted by atomic mass is 10.0. The van der Waals surface area contributed by atoms with Gasteiger partial charge in [-0.05, 0) is 44.2 Å². The lowest BCUT2D eigenvalue weighted by Crippen LogP contribution is -2.22. The van der Waals surface area contributed by atoms with Gasteiger partial charge in [-0.2, -0.15) is 9.78 Å². The van der Waals surface area contributed by atoms with Gasteiger partial charge >= 0.3 is 0 Å². The van der Waals surface area contributed by atoms with E-state index in [4.69, 9.17) is 0 Å². The van der Waals surface area contributed by atoms with Crippen molar-refractivity contribution in [1.29, 1.82) is 0 Å². The molecule has 0 aliphatic rings. The summed E-state index contributed by atoms with van der Waals surface area (Å²) in [6, 6.07) is 21.1. The summed E-state index contributed by atoms with van der Waals surface area (Å²) in [5, 5.41) is 6.00. The van der Waals surface area contributed by atoms with Crippen molar-refractivity contribution in [3.63, 3.8) is 0 Å². The summed E-state index contributed by atoms with van der Waals surface area (Å²) < 4.78 is 14.7. The van der Waals surface area contributed by atoms with Gasteiger partial charge in [0.25, 0.3) is 5.56 Å². The Morgan fingerprint density at radius 1 is 0.931 bits per heavy atom. The maximum absolute atomic E-state index is 13.4. The predicted molar refractivity (Wildman–Crippen MR) is 115 cm³/mol. The molecule has 0 spiro atoms. The van der Waals surface area contributed by atoms with Crippen LogP contribution in [0, 0.1) is 5.82 Å². The van der Waals surface area contributed by atoms with Crippen molar-refractivity contribution >= 4 is 17.0 Å². The van der Waals surface area contributed by atoms with Crippen molar-refractivity contribution in [2.24, 2.45) is 4.99 Å². The fourth-order valence-electron chi connectivity index (χ4n) is 3.20. The maximum Gasteiger partial charge on any atom is 0.279 e. The number of halogens is 1. The zero-order valence-electron chi connectivity index (χ0n) is 16.2. The molecular formula is C24H20FN3O. The van der Waals surface area contributed by atoms with Crippen LogP contribution in [-0.4, -0.2) is 22.0 Å². The molecular weight excluding hydrogens is 365 g/mol. The molecule has 0 amide bonds. The van der Waals surface area contributed by atoms with Crippen LogP contribution < -0.4 is 5.56 Å². The van der Waals surface area contributed by atoms with Crippen LogP contribution in [0.2, 0.25) is 0 Å². The molecule has 0 N–H and O–H groups in total. The maximum atomic E-state index is 13.4. The zero-order chi connectivity index (χ0) is 20.4. The first-order valence-electron chi connectivity index (χ1n) is 9.45. The monoisotopic (exact) mass is 385 g/mol. The molecule has 0 unspecified atom stereocenters. The van der Waals surface area contributed by atoms with Crippen molar-refractivity contribution in [2.75, 3.05) is 0 Å². The highest BCUT2D eigenvalue weighted by molar-refractivity contribution is 5.99. The molecule has 144 valence electrons. The van der Waals surface area contributed by atoms with Gasteiger partial charge in [-0.1, -0.05) is 42.5 Å². The molecule has 0 saturated heterocycles. The van der Waals surface area contributed by atoms with Crippen LogP contribution in [0.3, 0.4) is 0 Å². The summed E-state index contributed by atoms with van der Waals surface area (Å²) in [7, 11) is 0. The van der Waals surface area contributed by atoms with Crippen LogP contribution in [0.15, 0.2) is 82.6 Å². The second kappa shape index (κ2) is 7.80. The van der Waals surface area contributed by atoms with Gasteiger partial charge in [0.1, 0.15) is 11.5 Å². The number of hydrogen-bond donors (Lipinski definition) is 0. The highest BCUT2D eigenvalue weighted by atomic mass is 19.1. The third-order valence-electron chi connectivity index (χ3n) is 4.60. The van der Waals surface area contributed by atoms with E-state index in [-0.39, 0.29) is 17.4 Å². The van der Waals surface area contributed by atoms with Crippen molar-refractivity contribution in [2.45, 2.75) is 19.9 Å². The molecule has 0 aliphatic carbocycles. The summed E-state index contributed by atoms with van der Waals surface area (Å²) in [5.74, 6) is -0.363. The van der Waals surface area contributed by atoms with E-state index >= 15 is 0 Å². The van der Waals surface area contributed by atoms with Gasteiger partial charge < -0.3 is 0 Å². The number of fused-ring (bicyclic) bond motifs is 1. The highest BCUT2D eigenvalue weighted by Gasteiger charge is 2.15. The summed E-state index contributed by atoms with van der Waals surface area (Å²) in [6.07, 6.45) is 1.84. The van der Waals surface area contributed by atoms with Crippen LogP contribution in [-0.2, 0) is 0 Å². The van der Waals surface area contributed by atoms with Crippen LogP contribution >= 0.6 is 0 Å². The van der Waals surface area contributed by atoms with Crippen LogP contribution in [0.5, 0.6) is 0 Å². The molecule has 0 radical (unpaired) electrons. The van der Waals surface area contributed by atoms with Crippen LogP contribution in [0.4, 0.5) is 4.39 Å². The Kier molecular flexibility index (Phi) is 5.04. The Morgan fingerprint density at radius 2 is 1.59 bits per heavy atom. The van der Waals surface area contributed by atoms with E-state index in [1.807, 2.05) is 62.5 Å². The molecule has 0 atom stereocenters. The largest absolute Gasteiger partial charge is 0.290 e. The molecule has 0 aliphatic heterocycles. The predicted octanol–water partition coefficient (Wildman–Crippen LogP) is 5.02. The SMILES string of the molecule is CC(C)N=Cc1ccccc1-c1nn(-c2ccc(F)cc2)c(=O)c2ccccc12. The molecule has 4 aromatic rings. The average molecular weight is 385 g/mol. The Morgan fingerprint density at radius 3 is 2.31 bits per heavy atom. The number of hydrogen-bond acceptors (Lipinski definition) is 3. The quantitative estimate of drug-likeness (QED) is 0.463. The Balaban J connectivity index is 2.02. The summed E-state index contributed by atoms with van der Waals surface area (Å²) in [5.41, 5.74) is 2.74. The Labute approximate surface area is 168 Å². The van der Waals surface area contributed by atoms with E-state index in [2.05, 4.69) is 10.1 Å². The molecule has 0 saturated carbocycles. The normalized spacial score (nSPS) is 11.6. The molecule has 3 aromatic carbocycles. The molecule has 1 heterocycles. The zero-order valence-corrected chi connectivity index (χ0v) is 16.2. The number of rotatable bonds is 4. The molecule has 29 heavy (non-hydrogen) atoms. The lowest BCUT2D eigenvalue weighted by Gasteiger charge is -2.13. The standard InChI is InChI=1S/C24H20FN3O/c1-16(2)26-15-17-7-3-4-8-20(17)23-21-9-5-6-10-22(21)24(29)28(27-23)19-13-11-18(25)12-14-19/h3-16H,1-2H3. The van der Waals surface area contributed by atoms with E-state index in [1.54, 1.807) is 18.2 Å². The number of nitrogens with zero attached hydrogens (tertiary/aromatic N) is 3. The van der Waals surface area contributed by atoms with Crippen LogP contribution in [0.1, 0.15) is 19.4 Å². The van der Waals surface area contributed by atoms with Gasteiger partial charge in [0.15, 0.2) is 0 Å². The second-order valence-electron chi connectivity index (χ2n) is 7.05. The first kappa shape index (κ1) is 18.7. The van der Waals surface area contributed by atoms with E-state index in [0.29, 0.717) is 16.8 Å². The fraction of sp³-hybridized carbons (Fsp3) is 0.125. The van der Waals surface area contributed by atoms with Crippen LogP contribution in [0.25, 0.3) is 27.7 Å². The van der Waals surface area contributed by atoms with Crippen molar-refractivity contribution in [3.05, 3.63) is 94.5 Å². The van der Waals surface area contributed by atoms with Gasteiger partial charge in [0.05, 0.1) is 11.1 Å². The van der Waals surface area contributed by atoms with Gasteiger partial charge in [0.2, 0.25) is 0 Å². The van der Waals surface area contributed by atoms with Gasteiger partial charge in [-0.15, -0.1) is 0 Å².